The topological polar surface area (TPSA) is 78.9 Å². The standard InChI is InChI=1S/C22H24Cl2O6/c1-4-7-22-8-6-13(26)9-15(22)18-14(21(22)30-12(3)25)10-16(19(23)20(18)24)29-11-17(27)28-5-2/h9-10,21H,4-8,11H2,1-3H3/t21?,22-/m1/s1. The molecule has 0 fully saturated rings. The Hall–Kier alpha value is -2.05. The number of hydrogen-bond donors (Lipinski definition) is 0. The van der Waals surface area contributed by atoms with E-state index in [2.05, 4.69) is 0 Å². The Balaban J connectivity index is 2.14. The quantitative estimate of drug-likeness (QED) is 0.534. The maximum atomic E-state index is 12.3. The van der Waals surface area contributed by atoms with Gasteiger partial charge in [0.05, 0.1) is 11.6 Å². The van der Waals surface area contributed by atoms with Gasteiger partial charge >= 0.3 is 11.9 Å². The van der Waals surface area contributed by atoms with Crippen LogP contribution in [0.3, 0.4) is 0 Å². The maximum Gasteiger partial charge on any atom is 0.344 e. The lowest BCUT2D eigenvalue weighted by molar-refractivity contribution is -0.152. The lowest BCUT2D eigenvalue weighted by atomic mass is 9.68. The summed E-state index contributed by atoms with van der Waals surface area (Å²) < 4.78 is 16.2. The Morgan fingerprint density at radius 3 is 2.60 bits per heavy atom. The molecule has 1 unspecified atom stereocenters. The lowest BCUT2D eigenvalue weighted by Gasteiger charge is -2.38. The highest BCUT2D eigenvalue weighted by molar-refractivity contribution is 6.44. The van der Waals surface area contributed by atoms with E-state index >= 15 is 0 Å². The molecule has 0 aliphatic heterocycles. The highest BCUT2D eigenvalue weighted by Gasteiger charge is 2.54. The van der Waals surface area contributed by atoms with Gasteiger partial charge in [-0.25, -0.2) is 4.79 Å². The minimum Gasteiger partial charge on any atom is -0.480 e. The maximum absolute atomic E-state index is 12.3. The molecule has 8 heteroatoms. The molecule has 2 aliphatic rings. The fourth-order valence-electron chi connectivity index (χ4n) is 4.47. The zero-order valence-corrected chi connectivity index (χ0v) is 18.7. The van der Waals surface area contributed by atoms with Gasteiger partial charge in [0.25, 0.3) is 0 Å². The van der Waals surface area contributed by atoms with Crippen LogP contribution in [0.5, 0.6) is 5.75 Å². The predicted molar refractivity (Wildman–Crippen MR) is 113 cm³/mol. The van der Waals surface area contributed by atoms with Crippen LogP contribution in [-0.4, -0.2) is 30.9 Å². The van der Waals surface area contributed by atoms with Gasteiger partial charge in [-0.2, -0.15) is 0 Å². The molecule has 0 N–H and O–H groups in total. The van der Waals surface area contributed by atoms with E-state index in [0.717, 1.165) is 12.0 Å². The van der Waals surface area contributed by atoms with Gasteiger partial charge in [0.15, 0.2) is 12.4 Å². The minimum atomic E-state index is -0.621. The Kier molecular flexibility index (Phi) is 6.78. The average molecular weight is 455 g/mol. The number of carbonyl (C=O) groups excluding carboxylic acids is 3. The van der Waals surface area contributed by atoms with E-state index in [4.69, 9.17) is 37.4 Å². The number of ether oxygens (including phenoxy) is 3. The second-order valence-corrected chi connectivity index (χ2v) is 8.24. The number of hydrogen-bond acceptors (Lipinski definition) is 6. The van der Waals surface area contributed by atoms with Gasteiger partial charge < -0.3 is 14.2 Å². The molecule has 162 valence electrons. The van der Waals surface area contributed by atoms with Crippen LogP contribution in [0.4, 0.5) is 0 Å². The monoisotopic (exact) mass is 454 g/mol. The molecule has 0 aromatic heterocycles. The van der Waals surface area contributed by atoms with Crippen molar-refractivity contribution < 1.29 is 28.6 Å². The molecule has 1 aromatic carbocycles. The molecule has 0 heterocycles. The number of esters is 2. The Labute approximate surface area is 185 Å². The number of rotatable bonds is 7. The molecule has 0 spiro atoms. The largest absolute Gasteiger partial charge is 0.480 e. The van der Waals surface area contributed by atoms with Crippen LogP contribution in [-0.2, 0) is 23.9 Å². The van der Waals surface area contributed by atoms with Crippen molar-refractivity contribution in [3.8, 4) is 5.75 Å². The number of benzene rings is 1. The fraction of sp³-hybridized carbons (Fsp3) is 0.500. The Bertz CT molecular complexity index is 923. The molecule has 0 saturated heterocycles. The summed E-state index contributed by atoms with van der Waals surface area (Å²) in [6.45, 7) is 4.99. The first-order chi connectivity index (χ1) is 14.2. The first-order valence-electron chi connectivity index (χ1n) is 9.98. The van der Waals surface area contributed by atoms with E-state index in [9.17, 15) is 14.4 Å². The van der Waals surface area contributed by atoms with E-state index in [1.807, 2.05) is 6.92 Å². The second kappa shape index (κ2) is 8.98. The highest BCUT2D eigenvalue weighted by Crippen LogP contribution is 2.64. The van der Waals surface area contributed by atoms with Crippen LogP contribution in [0.15, 0.2) is 12.1 Å². The van der Waals surface area contributed by atoms with Crippen molar-refractivity contribution in [3.05, 3.63) is 33.3 Å². The van der Waals surface area contributed by atoms with E-state index in [1.54, 1.807) is 19.1 Å². The minimum absolute atomic E-state index is 0.000907. The number of carbonyl (C=O) groups is 3. The zero-order valence-electron chi connectivity index (χ0n) is 17.2. The van der Waals surface area contributed by atoms with Crippen molar-refractivity contribution in [2.45, 2.75) is 52.6 Å². The molecule has 2 aliphatic carbocycles. The fourth-order valence-corrected chi connectivity index (χ4v) is 4.98. The van der Waals surface area contributed by atoms with Crippen molar-refractivity contribution in [3.63, 3.8) is 0 Å². The molecule has 30 heavy (non-hydrogen) atoms. The summed E-state index contributed by atoms with van der Waals surface area (Å²) in [7, 11) is 0. The number of allylic oxidation sites excluding steroid dienone is 1. The zero-order chi connectivity index (χ0) is 22.1. The summed E-state index contributed by atoms with van der Waals surface area (Å²) in [6.07, 6.45) is 3.44. The summed E-state index contributed by atoms with van der Waals surface area (Å²) in [5.41, 5.74) is 1.44. The van der Waals surface area contributed by atoms with Crippen LogP contribution < -0.4 is 4.74 Å². The highest BCUT2D eigenvalue weighted by atomic mass is 35.5. The lowest BCUT2D eigenvalue weighted by Crippen LogP contribution is -2.31. The molecule has 0 saturated carbocycles. The molecule has 0 bridgehead atoms. The first kappa shape index (κ1) is 22.6. The number of halogens is 2. The molecule has 0 amide bonds. The summed E-state index contributed by atoms with van der Waals surface area (Å²) >= 11 is 13.1. The van der Waals surface area contributed by atoms with E-state index in [-0.39, 0.29) is 34.8 Å². The van der Waals surface area contributed by atoms with Crippen molar-refractivity contribution in [1.29, 1.82) is 0 Å². The third-order valence-electron chi connectivity index (χ3n) is 5.55. The first-order valence-corrected chi connectivity index (χ1v) is 10.7. The van der Waals surface area contributed by atoms with Crippen molar-refractivity contribution in [2.24, 2.45) is 5.41 Å². The van der Waals surface area contributed by atoms with Crippen molar-refractivity contribution in [1.82, 2.24) is 0 Å². The van der Waals surface area contributed by atoms with Crippen LogP contribution >= 0.6 is 23.2 Å². The predicted octanol–water partition coefficient (Wildman–Crippen LogP) is 5.09. The molecule has 1 aromatic rings. The van der Waals surface area contributed by atoms with Gasteiger partial charge in [-0.1, -0.05) is 36.5 Å². The molecule has 3 rings (SSSR count). The van der Waals surface area contributed by atoms with Crippen LogP contribution in [0.25, 0.3) is 5.57 Å². The molecular weight excluding hydrogens is 431 g/mol. The van der Waals surface area contributed by atoms with Crippen molar-refractivity contribution in [2.75, 3.05) is 13.2 Å². The second-order valence-electron chi connectivity index (χ2n) is 7.48. The van der Waals surface area contributed by atoms with E-state index in [0.29, 0.717) is 30.4 Å². The SMILES string of the molecule is CCC[C@@]12CCC(=O)C=C1c1c(cc(OCC(=O)OCC)c(Cl)c1Cl)C2OC(C)=O. The number of fused-ring (bicyclic) bond motifs is 3. The normalized spacial score (nSPS) is 22.1. The smallest absolute Gasteiger partial charge is 0.344 e. The summed E-state index contributed by atoms with van der Waals surface area (Å²) in [4.78, 5) is 35.9. The van der Waals surface area contributed by atoms with Gasteiger partial charge in [0, 0.05) is 29.9 Å². The van der Waals surface area contributed by atoms with Gasteiger partial charge in [-0.3, -0.25) is 9.59 Å². The third-order valence-corrected chi connectivity index (χ3v) is 6.40. The van der Waals surface area contributed by atoms with Gasteiger partial charge in [-0.05, 0) is 37.5 Å². The Morgan fingerprint density at radius 2 is 1.97 bits per heavy atom. The van der Waals surface area contributed by atoms with Crippen molar-refractivity contribution >= 4 is 46.5 Å². The van der Waals surface area contributed by atoms with Crippen LogP contribution in [0.1, 0.15) is 63.7 Å². The van der Waals surface area contributed by atoms with Crippen LogP contribution in [0, 0.1) is 5.41 Å². The van der Waals surface area contributed by atoms with Gasteiger partial charge in [0.1, 0.15) is 16.9 Å². The molecule has 0 radical (unpaired) electrons. The van der Waals surface area contributed by atoms with E-state index in [1.165, 1.54) is 6.92 Å². The molecular formula is C22H24Cl2O6. The average Bonchev–Trinajstić information content (AvgIpc) is 2.93. The summed E-state index contributed by atoms with van der Waals surface area (Å²) in [5, 5.41) is 0.344. The van der Waals surface area contributed by atoms with Crippen LogP contribution in [0.2, 0.25) is 10.0 Å². The summed E-state index contributed by atoms with van der Waals surface area (Å²) in [6, 6.07) is 1.65. The molecule has 6 nitrogen and oxygen atoms in total. The van der Waals surface area contributed by atoms with Gasteiger partial charge in [-0.15, -0.1) is 0 Å². The molecule has 2 atom stereocenters. The third kappa shape index (κ3) is 3.95. The number of ketones is 1. The van der Waals surface area contributed by atoms with Gasteiger partial charge in [0.2, 0.25) is 0 Å². The van der Waals surface area contributed by atoms with E-state index < -0.39 is 23.5 Å². The summed E-state index contributed by atoms with van der Waals surface area (Å²) in [5.74, 6) is -0.769. The Morgan fingerprint density at radius 1 is 1.23 bits per heavy atom.